The molecule has 2 heterocycles. The van der Waals surface area contributed by atoms with Crippen LogP contribution in [-0.2, 0) is 0 Å². The lowest BCUT2D eigenvalue weighted by Crippen LogP contribution is -2.00. The maximum Gasteiger partial charge on any atom is 0.320 e. The van der Waals surface area contributed by atoms with Crippen molar-refractivity contribution in [2.24, 2.45) is 0 Å². The van der Waals surface area contributed by atoms with Gasteiger partial charge >= 0.3 is 6.01 Å². The smallest absolute Gasteiger partial charge is 0.320 e. The second-order valence-electron chi connectivity index (χ2n) is 5.31. The number of nitrogens with one attached hydrogen (secondary N) is 2. The van der Waals surface area contributed by atoms with Crippen LogP contribution in [0, 0.1) is 0 Å². The number of rotatable bonds is 5. The van der Waals surface area contributed by atoms with E-state index >= 15 is 0 Å². The molecule has 0 unspecified atom stereocenters. The van der Waals surface area contributed by atoms with E-state index in [9.17, 15) is 4.79 Å². The number of anilines is 2. The molecule has 0 saturated carbocycles. The van der Waals surface area contributed by atoms with Crippen molar-refractivity contribution in [3.8, 4) is 5.75 Å². The van der Waals surface area contributed by atoms with Crippen LogP contribution in [0.1, 0.15) is 16.2 Å². The Labute approximate surface area is 142 Å². The predicted octanol–water partition coefficient (Wildman–Crippen LogP) is 3.53. The summed E-state index contributed by atoms with van der Waals surface area (Å²) in [6, 6.07) is 15.0. The van der Waals surface area contributed by atoms with Crippen molar-refractivity contribution >= 4 is 28.4 Å². The van der Waals surface area contributed by atoms with Crippen LogP contribution >= 0.6 is 0 Å². The van der Waals surface area contributed by atoms with Crippen molar-refractivity contribution in [3.05, 3.63) is 66.2 Å². The van der Waals surface area contributed by atoms with Gasteiger partial charge in [0.2, 0.25) is 0 Å². The Morgan fingerprint density at radius 3 is 2.80 bits per heavy atom. The Bertz CT molecular complexity index is 1050. The van der Waals surface area contributed by atoms with Crippen LogP contribution in [0.25, 0.3) is 10.9 Å². The van der Waals surface area contributed by atoms with Crippen LogP contribution in [0.5, 0.6) is 5.75 Å². The van der Waals surface area contributed by atoms with Crippen molar-refractivity contribution in [1.82, 2.24) is 15.2 Å². The SMILES string of the molecule is COc1ccccc1Nc1nnc(C(=O)c2c[nH]c3ccccc23)o1. The molecule has 0 aliphatic heterocycles. The van der Waals surface area contributed by atoms with Crippen molar-refractivity contribution in [1.29, 1.82) is 0 Å². The molecule has 0 aliphatic rings. The highest BCUT2D eigenvalue weighted by molar-refractivity contribution is 6.14. The quantitative estimate of drug-likeness (QED) is 0.542. The molecule has 0 radical (unpaired) electrons. The van der Waals surface area contributed by atoms with Crippen molar-refractivity contribution in [2.75, 3.05) is 12.4 Å². The largest absolute Gasteiger partial charge is 0.495 e. The van der Waals surface area contributed by atoms with Gasteiger partial charge in [-0.2, -0.15) is 0 Å². The van der Waals surface area contributed by atoms with E-state index in [1.807, 2.05) is 42.5 Å². The highest BCUT2D eigenvalue weighted by atomic mass is 16.5. The van der Waals surface area contributed by atoms with E-state index in [0.29, 0.717) is 17.0 Å². The number of aromatic nitrogens is 3. The number of ether oxygens (including phenoxy) is 1. The van der Waals surface area contributed by atoms with Gasteiger partial charge in [-0.05, 0) is 18.2 Å². The van der Waals surface area contributed by atoms with Gasteiger partial charge < -0.3 is 19.5 Å². The van der Waals surface area contributed by atoms with E-state index in [4.69, 9.17) is 9.15 Å². The van der Waals surface area contributed by atoms with Gasteiger partial charge in [0, 0.05) is 17.1 Å². The molecule has 7 nitrogen and oxygen atoms in total. The number of nitrogens with zero attached hydrogens (tertiary/aromatic N) is 2. The topological polar surface area (TPSA) is 93.0 Å². The number of aromatic amines is 1. The molecule has 0 fully saturated rings. The lowest BCUT2D eigenvalue weighted by Gasteiger charge is -2.06. The summed E-state index contributed by atoms with van der Waals surface area (Å²) in [7, 11) is 1.57. The Hall–Kier alpha value is -3.61. The number of hydrogen-bond acceptors (Lipinski definition) is 6. The molecule has 2 aromatic heterocycles. The zero-order valence-corrected chi connectivity index (χ0v) is 13.3. The van der Waals surface area contributed by atoms with Gasteiger partial charge in [-0.1, -0.05) is 35.4 Å². The van der Waals surface area contributed by atoms with Crippen molar-refractivity contribution in [2.45, 2.75) is 0 Å². The average molecular weight is 334 g/mol. The van der Waals surface area contributed by atoms with Crippen molar-refractivity contribution < 1.29 is 13.9 Å². The first-order chi connectivity index (χ1) is 12.3. The minimum atomic E-state index is -0.335. The number of carbonyl (C=O) groups is 1. The molecule has 0 aliphatic carbocycles. The molecular weight excluding hydrogens is 320 g/mol. The Morgan fingerprint density at radius 1 is 1.12 bits per heavy atom. The minimum absolute atomic E-state index is 0.0813. The zero-order valence-electron chi connectivity index (χ0n) is 13.3. The van der Waals surface area contributed by atoms with E-state index in [0.717, 1.165) is 10.9 Å². The van der Waals surface area contributed by atoms with Gasteiger partial charge in [-0.15, -0.1) is 5.10 Å². The minimum Gasteiger partial charge on any atom is -0.495 e. The number of H-pyrrole nitrogens is 1. The van der Waals surface area contributed by atoms with Crippen LogP contribution in [0.3, 0.4) is 0 Å². The summed E-state index contributed by atoms with van der Waals surface area (Å²) in [5.74, 6) is 0.213. The van der Waals surface area contributed by atoms with Gasteiger partial charge in [0.1, 0.15) is 5.75 Å². The summed E-state index contributed by atoms with van der Waals surface area (Å²) < 4.78 is 10.7. The molecule has 25 heavy (non-hydrogen) atoms. The van der Waals surface area contributed by atoms with Gasteiger partial charge in [0.25, 0.3) is 11.7 Å². The molecular formula is C18H14N4O3. The fraction of sp³-hybridized carbons (Fsp3) is 0.0556. The lowest BCUT2D eigenvalue weighted by atomic mass is 10.1. The molecule has 124 valence electrons. The maximum absolute atomic E-state index is 12.6. The number of methoxy groups -OCH3 is 1. The van der Waals surface area contributed by atoms with E-state index < -0.39 is 0 Å². The summed E-state index contributed by atoms with van der Waals surface area (Å²) in [6.45, 7) is 0. The number of hydrogen-bond donors (Lipinski definition) is 2. The first-order valence-electron chi connectivity index (χ1n) is 7.60. The third-order valence-corrected chi connectivity index (χ3v) is 3.80. The summed E-state index contributed by atoms with van der Waals surface area (Å²) in [5, 5.41) is 11.5. The van der Waals surface area contributed by atoms with Crippen LogP contribution in [-0.4, -0.2) is 28.1 Å². The zero-order chi connectivity index (χ0) is 17.2. The van der Waals surface area contributed by atoms with Crippen LogP contribution in [0.15, 0.2) is 59.1 Å². The third kappa shape index (κ3) is 2.72. The first-order valence-corrected chi connectivity index (χ1v) is 7.60. The van der Waals surface area contributed by atoms with Gasteiger partial charge in [-0.25, -0.2) is 0 Å². The molecule has 4 rings (SSSR count). The fourth-order valence-electron chi connectivity index (χ4n) is 2.60. The Kier molecular flexibility index (Phi) is 3.66. The van der Waals surface area contributed by atoms with E-state index in [1.54, 1.807) is 19.4 Å². The van der Waals surface area contributed by atoms with E-state index in [-0.39, 0.29) is 17.7 Å². The summed E-state index contributed by atoms with van der Waals surface area (Å²) in [5.41, 5.74) is 2.03. The average Bonchev–Trinajstić information content (AvgIpc) is 3.28. The van der Waals surface area contributed by atoms with Gasteiger partial charge in [-0.3, -0.25) is 4.79 Å². The molecule has 7 heteroatoms. The third-order valence-electron chi connectivity index (χ3n) is 3.80. The van der Waals surface area contributed by atoms with Crippen LogP contribution in [0.2, 0.25) is 0 Å². The molecule has 2 N–H and O–H groups in total. The molecule has 0 bridgehead atoms. The van der Waals surface area contributed by atoms with Crippen LogP contribution in [0.4, 0.5) is 11.7 Å². The summed E-state index contributed by atoms with van der Waals surface area (Å²) in [6.07, 6.45) is 1.64. The number of carbonyl (C=O) groups excluding carboxylic acids is 1. The van der Waals surface area contributed by atoms with E-state index in [2.05, 4.69) is 20.5 Å². The highest BCUT2D eigenvalue weighted by Crippen LogP contribution is 2.27. The molecule has 0 saturated heterocycles. The monoisotopic (exact) mass is 334 g/mol. The molecule has 0 spiro atoms. The van der Waals surface area contributed by atoms with E-state index in [1.165, 1.54) is 0 Å². The normalized spacial score (nSPS) is 10.8. The molecule has 0 amide bonds. The van der Waals surface area contributed by atoms with Gasteiger partial charge in [0.15, 0.2) is 0 Å². The summed E-state index contributed by atoms with van der Waals surface area (Å²) in [4.78, 5) is 15.7. The molecule has 2 aromatic carbocycles. The standard InChI is InChI=1S/C18H14N4O3/c1-24-15-9-5-4-8-14(15)20-18-22-21-17(25-18)16(23)12-10-19-13-7-3-2-6-11(12)13/h2-10,19H,1H3,(H,20,22). The number of ketones is 1. The number of fused-ring (bicyclic) bond motifs is 1. The van der Waals surface area contributed by atoms with Crippen molar-refractivity contribution in [3.63, 3.8) is 0 Å². The second-order valence-corrected chi connectivity index (χ2v) is 5.31. The first kappa shape index (κ1) is 14.9. The Balaban J connectivity index is 1.62. The highest BCUT2D eigenvalue weighted by Gasteiger charge is 2.20. The lowest BCUT2D eigenvalue weighted by molar-refractivity contribution is 0.100. The predicted molar refractivity (Wildman–Crippen MR) is 92.3 cm³/mol. The van der Waals surface area contributed by atoms with Gasteiger partial charge in [0.05, 0.1) is 18.4 Å². The fourth-order valence-corrected chi connectivity index (χ4v) is 2.60. The molecule has 0 atom stereocenters. The second kappa shape index (κ2) is 6.12. The Morgan fingerprint density at radius 2 is 1.92 bits per heavy atom. The number of para-hydroxylation sites is 3. The molecule has 4 aromatic rings. The maximum atomic E-state index is 12.6. The number of benzene rings is 2. The summed E-state index contributed by atoms with van der Waals surface area (Å²) >= 11 is 0. The van der Waals surface area contributed by atoms with Crippen LogP contribution < -0.4 is 10.1 Å².